The SMILES string of the molecule is C[C@@H](OC(=O)c1ccc2c(c1)NC(=O)[C@@H]1CCCN21)C(=O)NCCC1=CCCCC1. The summed E-state index contributed by atoms with van der Waals surface area (Å²) in [6, 6.07) is 5.04. The molecular weight excluding hydrogens is 382 g/mol. The maximum Gasteiger partial charge on any atom is 0.338 e. The molecule has 160 valence electrons. The predicted molar refractivity (Wildman–Crippen MR) is 114 cm³/mol. The minimum Gasteiger partial charge on any atom is -0.449 e. The van der Waals surface area contributed by atoms with E-state index in [1.807, 2.05) is 6.07 Å². The number of amides is 2. The van der Waals surface area contributed by atoms with Gasteiger partial charge in [-0.3, -0.25) is 9.59 Å². The number of carbonyl (C=O) groups excluding carboxylic acids is 3. The van der Waals surface area contributed by atoms with Gasteiger partial charge in [0.1, 0.15) is 6.04 Å². The van der Waals surface area contributed by atoms with Gasteiger partial charge in [-0.2, -0.15) is 0 Å². The van der Waals surface area contributed by atoms with Crippen molar-refractivity contribution in [1.82, 2.24) is 5.32 Å². The second kappa shape index (κ2) is 8.90. The summed E-state index contributed by atoms with van der Waals surface area (Å²) in [6.07, 6.45) is 8.73. The predicted octanol–water partition coefficient (Wildman–Crippen LogP) is 3.16. The number of nitrogens with one attached hydrogen (secondary N) is 2. The lowest BCUT2D eigenvalue weighted by molar-refractivity contribution is -0.129. The van der Waals surface area contributed by atoms with E-state index >= 15 is 0 Å². The molecule has 30 heavy (non-hydrogen) atoms. The van der Waals surface area contributed by atoms with E-state index in [0.29, 0.717) is 17.8 Å². The minimum atomic E-state index is -0.883. The van der Waals surface area contributed by atoms with Crippen LogP contribution < -0.4 is 15.5 Å². The Kier molecular flexibility index (Phi) is 6.06. The quantitative estimate of drug-likeness (QED) is 0.555. The number of hydrogen-bond donors (Lipinski definition) is 2. The van der Waals surface area contributed by atoms with Crippen LogP contribution in [0.3, 0.4) is 0 Å². The van der Waals surface area contributed by atoms with Crippen LogP contribution in [0.25, 0.3) is 0 Å². The van der Waals surface area contributed by atoms with Gasteiger partial charge >= 0.3 is 5.97 Å². The van der Waals surface area contributed by atoms with Gasteiger partial charge in [-0.25, -0.2) is 4.79 Å². The highest BCUT2D eigenvalue weighted by Crippen LogP contribution is 2.37. The molecular formula is C23H29N3O4. The molecule has 1 aliphatic carbocycles. The number of esters is 1. The smallest absolute Gasteiger partial charge is 0.338 e. The molecule has 2 amide bonds. The Morgan fingerprint density at radius 3 is 2.97 bits per heavy atom. The van der Waals surface area contributed by atoms with Crippen molar-refractivity contribution < 1.29 is 19.1 Å². The van der Waals surface area contributed by atoms with Gasteiger partial charge in [0.05, 0.1) is 16.9 Å². The fourth-order valence-electron chi connectivity index (χ4n) is 4.46. The average molecular weight is 412 g/mol. The van der Waals surface area contributed by atoms with Crippen LogP contribution in [0.2, 0.25) is 0 Å². The third-order valence-corrected chi connectivity index (χ3v) is 6.14. The van der Waals surface area contributed by atoms with E-state index in [9.17, 15) is 14.4 Å². The van der Waals surface area contributed by atoms with Crippen LogP contribution in [0.5, 0.6) is 0 Å². The van der Waals surface area contributed by atoms with Crippen LogP contribution in [0, 0.1) is 0 Å². The largest absolute Gasteiger partial charge is 0.449 e. The second-order valence-electron chi connectivity index (χ2n) is 8.27. The van der Waals surface area contributed by atoms with Gasteiger partial charge in [-0.05, 0) is 70.1 Å². The molecule has 2 aliphatic heterocycles. The molecule has 2 N–H and O–H groups in total. The molecule has 1 aromatic carbocycles. The summed E-state index contributed by atoms with van der Waals surface area (Å²) in [6.45, 7) is 2.96. The first-order valence-electron chi connectivity index (χ1n) is 10.9. The van der Waals surface area contributed by atoms with Crippen LogP contribution >= 0.6 is 0 Å². The zero-order valence-electron chi connectivity index (χ0n) is 17.4. The summed E-state index contributed by atoms with van der Waals surface area (Å²) >= 11 is 0. The first-order valence-corrected chi connectivity index (χ1v) is 10.9. The first-order chi connectivity index (χ1) is 14.5. The number of nitrogens with zero attached hydrogens (tertiary/aromatic N) is 1. The van der Waals surface area contributed by atoms with Crippen LogP contribution in [0.1, 0.15) is 62.2 Å². The molecule has 2 atom stereocenters. The number of benzene rings is 1. The molecule has 0 radical (unpaired) electrons. The summed E-state index contributed by atoms with van der Waals surface area (Å²) in [4.78, 5) is 39.2. The number of anilines is 2. The third kappa shape index (κ3) is 4.35. The lowest BCUT2D eigenvalue weighted by Crippen LogP contribution is -2.44. The molecule has 7 nitrogen and oxygen atoms in total. The molecule has 0 saturated carbocycles. The fraction of sp³-hybridized carbons (Fsp3) is 0.522. The summed E-state index contributed by atoms with van der Waals surface area (Å²) < 4.78 is 5.35. The standard InChI is InChI=1S/C23H29N3O4/c1-15(21(27)24-12-11-16-6-3-2-4-7-16)30-23(29)17-9-10-19-18(14-17)25-22(28)20-8-5-13-26(19)20/h6,9-10,14-15,20H,2-5,7-8,11-13H2,1H3,(H,24,27)(H,25,28)/t15-,20+/m1/s1. The monoisotopic (exact) mass is 411 g/mol. The minimum absolute atomic E-state index is 0.0358. The molecule has 1 saturated heterocycles. The Labute approximate surface area is 176 Å². The van der Waals surface area contributed by atoms with Gasteiger partial charge in [0.15, 0.2) is 6.10 Å². The van der Waals surface area contributed by atoms with Crippen molar-refractivity contribution in [2.75, 3.05) is 23.3 Å². The Morgan fingerprint density at radius 2 is 2.17 bits per heavy atom. The highest BCUT2D eigenvalue weighted by Gasteiger charge is 2.36. The van der Waals surface area contributed by atoms with Gasteiger partial charge in [0, 0.05) is 13.1 Å². The van der Waals surface area contributed by atoms with Crippen molar-refractivity contribution in [2.45, 2.75) is 64.0 Å². The van der Waals surface area contributed by atoms with Gasteiger partial charge < -0.3 is 20.3 Å². The van der Waals surface area contributed by atoms with E-state index in [1.165, 1.54) is 18.4 Å². The molecule has 4 rings (SSSR count). The van der Waals surface area contributed by atoms with Crippen molar-refractivity contribution in [3.8, 4) is 0 Å². The molecule has 0 unspecified atom stereocenters. The molecule has 1 aromatic rings. The Balaban J connectivity index is 1.32. The van der Waals surface area contributed by atoms with Crippen LogP contribution in [0.4, 0.5) is 11.4 Å². The summed E-state index contributed by atoms with van der Waals surface area (Å²) in [5.41, 5.74) is 3.25. The van der Waals surface area contributed by atoms with Crippen molar-refractivity contribution in [3.63, 3.8) is 0 Å². The number of carbonyl (C=O) groups is 3. The number of rotatable bonds is 6. The van der Waals surface area contributed by atoms with E-state index in [2.05, 4.69) is 21.6 Å². The van der Waals surface area contributed by atoms with Crippen molar-refractivity contribution in [1.29, 1.82) is 0 Å². The molecule has 1 fully saturated rings. The highest BCUT2D eigenvalue weighted by atomic mass is 16.5. The van der Waals surface area contributed by atoms with Crippen molar-refractivity contribution in [3.05, 3.63) is 35.4 Å². The van der Waals surface area contributed by atoms with Crippen molar-refractivity contribution >= 4 is 29.2 Å². The topological polar surface area (TPSA) is 87.7 Å². The molecule has 0 bridgehead atoms. The van der Waals surface area contributed by atoms with Gasteiger partial charge in [0.25, 0.3) is 5.91 Å². The Morgan fingerprint density at radius 1 is 1.30 bits per heavy atom. The lowest BCUT2D eigenvalue weighted by Gasteiger charge is -2.33. The Hall–Kier alpha value is -2.83. The second-order valence-corrected chi connectivity index (χ2v) is 8.27. The number of hydrogen-bond acceptors (Lipinski definition) is 5. The maximum atomic E-state index is 12.5. The number of allylic oxidation sites excluding steroid dienone is 1. The number of fused-ring (bicyclic) bond motifs is 3. The average Bonchev–Trinajstić information content (AvgIpc) is 3.25. The van der Waals surface area contributed by atoms with Crippen molar-refractivity contribution in [2.24, 2.45) is 0 Å². The van der Waals surface area contributed by atoms with Crippen LogP contribution in [-0.2, 0) is 14.3 Å². The third-order valence-electron chi connectivity index (χ3n) is 6.14. The maximum absolute atomic E-state index is 12.5. The Bertz CT molecular complexity index is 879. The molecule has 0 aromatic heterocycles. The van der Waals surface area contributed by atoms with Gasteiger partial charge in [0.2, 0.25) is 5.91 Å². The zero-order valence-corrected chi connectivity index (χ0v) is 17.4. The van der Waals surface area contributed by atoms with E-state index in [1.54, 1.807) is 19.1 Å². The molecule has 7 heteroatoms. The molecule has 2 heterocycles. The summed E-state index contributed by atoms with van der Waals surface area (Å²) in [5.74, 6) is -0.912. The van der Waals surface area contributed by atoms with Gasteiger partial charge in [-0.15, -0.1) is 0 Å². The number of ether oxygens (including phenoxy) is 1. The van der Waals surface area contributed by atoms with E-state index in [-0.39, 0.29) is 17.9 Å². The molecule has 0 spiro atoms. The van der Waals surface area contributed by atoms with E-state index < -0.39 is 12.1 Å². The lowest BCUT2D eigenvalue weighted by atomic mass is 9.97. The summed E-state index contributed by atoms with van der Waals surface area (Å²) in [5, 5.41) is 5.74. The first kappa shape index (κ1) is 20.4. The fourth-order valence-corrected chi connectivity index (χ4v) is 4.46. The van der Waals surface area contributed by atoms with Gasteiger partial charge in [-0.1, -0.05) is 11.6 Å². The van der Waals surface area contributed by atoms with E-state index in [4.69, 9.17) is 4.74 Å². The normalized spacial score (nSPS) is 21.1. The highest BCUT2D eigenvalue weighted by molar-refractivity contribution is 6.05. The zero-order chi connectivity index (χ0) is 21.1. The van der Waals surface area contributed by atoms with Crippen LogP contribution in [-0.4, -0.2) is 43.0 Å². The van der Waals surface area contributed by atoms with Crippen LogP contribution in [0.15, 0.2) is 29.8 Å². The summed E-state index contributed by atoms with van der Waals surface area (Å²) in [7, 11) is 0. The van der Waals surface area contributed by atoms with E-state index in [0.717, 1.165) is 44.3 Å². The molecule has 3 aliphatic rings.